The van der Waals surface area contributed by atoms with Crippen molar-refractivity contribution in [2.24, 2.45) is 5.92 Å². The SMILES string of the molecule is COc1ccc2c(c1)OC[C@H](C(=O)NCCc1nc3cc(C)c(C)cc3[nH]1)C2. The fourth-order valence-electron chi connectivity index (χ4n) is 3.54. The second-order valence-corrected chi connectivity index (χ2v) is 7.36. The van der Waals surface area contributed by atoms with Gasteiger partial charge in [-0.2, -0.15) is 0 Å². The molecule has 6 nitrogen and oxygen atoms in total. The van der Waals surface area contributed by atoms with Crippen LogP contribution in [0.2, 0.25) is 0 Å². The smallest absolute Gasteiger partial charge is 0.226 e. The van der Waals surface area contributed by atoms with Crippen LogP contribution in [0.1, 0.15) is 22.5 Å². The van der Waals surface area contributed by atoms with Crippen molar-refractivity contribution in [3.63, 3.8) is 0 Å². The largest absolute Gasteiger partial charge is 0.497 e. The highest BCUT2D eigenvalue weighted by Crippen LogP contribution is 2.31. The lowest BCUT2D eigenvalue weighted by atomic mass is 9.96. The van der Waals surface area contributed by atoms with Gasteiger partial charge in [-0.25, -0.2) is 4.98 Å². The molecular weight excluding hydrogens is 354 g/mol. The van der Waals surface area contributed by atoms with Crippen molar-refractivity contribution in [3.8, 4) is 11.5 Å². The van der Waals surface area contributed by atoms with E-state index in [4.69, 9.17) is 9.47 Å². The Hall–Kier alpha value is -3.02. The number of hydrogen-bond donors (Lipinski definition) is 2. The zero-order valence-corrected chi connectivity index (χ0v) is 16.5. The Morgan fingerprint density at radius 2 is 2.11 bits per heavy atom. The first kappa shape index (κ1) is 18.3. The lowest BCUT2D eigenvalue weighted by molar-refractivity contribution is -0.126. The van der Waals surface area contributed by atoms with Crippen LogP contribution in [0.5, 0.6) is 11.5 Å². The number of rotatable bonds is 5. The molecule has 1 amide bonds. The van der Waals surface area contributed by atoms with Crippen LogP contribution in [0.3, 0.4) is 0 Å². The summed E-state index contributed by atoms with van der Waals surface area (Å²) in [6, 6.07) is 9.94. The van der Waals surface area contributed by atoms with Gasteiger partial charge >= 0.3 is 0 Å². The Balaban J connectivity index is 1.33. The van der Waals surface area contributed by atoms with Crippen molar-refractivity contribution in [1.82, 2.24) is 15.3 Å². The molecule has 1 aromatic heterocycles. The van der Waals surface area contributed by atoms with E-state index in [1.165, 1.54) is 11.1 Å². The number of nitrogens with zero attached hydrogens (tertiary/aromatic N) is 1. The number of aromatic amines is 1. The van der Waals surface area contributed by atoms with E-state index < -0.39 is 0 Å². The summed E-state index contributed by atoms with van der Waals surface area (Å²) in [5, 5.41) is 3.02. The predicted octanol–water partition coefficient (Wildman–Crippen LogP) is 3.10. The fraction of sp³-hybridized carbons (Fsp3) is 0.364. The van der Waals surface area contributed by atoms with E-state index in [1.54, 1.807) is 7.11 Å². The van der Waals surface area contributed by atoms with Crippen LogP contribution in [-0.2, 0) is 17.6 Å². The van der Waals surface area contributed by atoms with E-state index in [9.17, 15) is 4.79 Å². The molecular formula is C22H25N3O3. The van der Waals surface area contributed by atoms with Gasteiger partial charge in [0.2, 0.25) is 5.91 Å². The number of fused-ring (bicyclic) bond motifs is 2. The van der Waals surface area contributed by atoms with Crippen molar-refractivity contribution in [2.45, 2.75) is 26.7 Å². The molecule has 0 saturated heterocycles. The summed E-state index contributed by atoms with van der Waals surface area (Å²) in [7, 11) is 1.63. The molecule has 0 bridgehead atoms. The van der Waals surface area contributed by atoms with Crippen LogP contribution in [0, 0.1) is 19.8 Å². The molecule has 4 rings (SSSR count). The minimum absolute atomic E-state index is 0.0178. The second-order valence-electron chi connectivity index (χ2n) is 7.36. The van der Waals surface area contributed by atoms with Gasteiger partial charge in [0.1, 0.15) is 23.9 Å². The molecule has 1 aliphatic rings. The number of amides is 1. The van der Waals surface area contributed by atoms with Gasteiger partial charge in [-0.3, -0.25) is 4.79 Å². The van der Waals surface area contributed by atoms with Crippen molar-refractivity contribution in [2.75, 3.05) is 20.3 Å². The molecule has 146 valence electrons. The molecule has 0 fully saturated rings. The number of aryl methyl sites for hydroxylation is 2. The maximum Gasteiger partial charge on any atom is 0.226 e. The standard InChI is InChI=1S/C22H25N3O3/c1-13-8-18-19(9-14(13)2)25-21(24-18)6-7-23-22(26)16-10-15-4-5-17(27-3)11-20(15)28-12-16/h4-5,8-9,11,16H,6-7,10,12H2,1-3H3,(H,23,26)(H,24,25)/t16-/m1/s1. The lowest BCUT2D eigenvalue weighted by Crippen LogP contribution is -2.38. The molecule has 2 N–H and O–H groups in total. The summed E-state index contributed by atoms with van der Waals surface area (Å²) in [5.74, 6) is 2.29. The summed E-state index contributed by atoms with van der Waals surface area (Å²) in [6.45, 7) is 5.11. The molecule has 2 aromatic carbocycles. The third kappa shape index (κ3) is 3.67. The normalized spacial score (nSPS) is 15.8. The van der Waals surface area contributed by atoms with Crippen molar-refractivity contribution in [3.05, 3.63) is 52.8 Å². The second kappa shape index (κ2) is 7.54. The number of carbonyl (C=O) groups is 1. The molecule has 0 aliphatic carbocycles. The van der Waals surface area contributed by atoms with E-state index in [0.717, 1.165) is 33.9 Å². The minimum Gasteiger partial charge on any atom is -0.497 e. The molecule has 0 saturated carbocycles. The first-order valence-corrected chi connectivity index (χ1v) is 9.57. The van der Waals surface area contributed by atoms with E-state index in [0.29, 0.717) is 26.0 Å². The zero-order valence-electron chi connectivity index (χ0n) is 16.5. The third-order valence-electron chi connectivity index (χ3n) is 5.36. The van der Waals surface area contributed by atoms with Gasteiger partial charge in [0.05, 0.1) is 24.1 Å². The molecule has 0 unspecified atom stereocenters. The Bertz CT molecular complexity index is 986. The molecule has 1 atom stereocenters. The molecule has 6 heteroatoms. The van der Waals surface area contributed by atoms with E-state index in [-0.39, 0.29) is 11.8 Å². The Labute approximate surface area is 164 Å². The molecule has 0 spiro atoms. The summed E-state index contributed by atoms with van der Waals surface area (Å²) >= 11 is 0. The van der Waals surface area contributed by atoms with E-state index in [2.05, 4.69) is 41.3 Å². The maximum absolute atomic E-state index is 12.5. The average Bonchev–Trinajstić information content (AvgIpc) is 3.08. The summed E-state index contributed by atoms with van der Waals surface area (Å²) in [5.41, 5.74) is 5.52. The van der Waals surface area contributed by atoms with Crippen molar-refractivity contribution >= 4 is 16.9 Å². The van der Waals surface area contributed by atoms with Gasteiger partial charge in [-0.15, -0.1) is 0 Å². The quantitative estimate of drug-likeness (QED) is 0.714. The number of H-pyrrole nitrogens is 1. The van der Waals surface area contributed by atoms with Crippen LogP contribution in [0.15, 0.2) is 30.3 Å². The number of aromatic nitrogens is 2. The molecule has 0 radical (unpaired) electrons. The summed E-state index contributed by atoms with van der Waals surface area (Å²) < 4.78 is 11.0. The fourth-order valence-corrected chi connectivity index (χ4v) is 3.54. The van der Waals surface area contributed by atoms with Gasteiger partial charge in [-0.05, 0) is 55.2 Å². The maximum atomic E-state index is 12.5. The number of carbonyl (C=O) groups excluding carboxylic acids is 1. The van der Waals surface area contributed by atoms with Crippen LogP contribution in [0.25, 0.3) is 11.0 Å². The van der Waals surface area contributed by atoms with Crippen molar-refractivity contribution in [1.29, 1.82) is 0 Å². The van der Waals surface area contributed by atoms with Gasteiger partial charge in [0, 0.05) is 19.0 Å². The topological polar surface area (TPSA) is 76.2 Å². The summed E-state index contributed by atoms with van der Waals surface area (Å²) in [6.07, 6.45) is 1.34. The van der Waals surface area contributed by atoms with Gasteiger partial charge < -0.3 is 19.8 Å². The van der Waals surface area contributed by atoms with Crippen LogP contribution in [-0.4, -0.2) is 36.1 Å². The Kier molecular flexibility index (Phi) is 4.94. The molecule has 3 aromatic rings. The number of nitrogens with one attached hydrogen (secondary N) is 2. The van der Waals surface area contributed by atoms with Crippen LogP contribution in [0.4, 0.5) is 0 Å². The number of benzene rings is 2. The molecule has 1 aliphatic heterocycles. The molecule has 2 heterocycles. The van der Waals surface area contributed by atoms with E-state index in [1.807, 2.05) is 18.2 Å². The highest BCUT2D eigenvalue weighted by molar-refractivity contribution is 5.80. The van der Waals surface area contributed by atoms with Crippen LogP contribution < -0.4 is 14.8 Å². The van der Waals surface area contributed by atoms with Gasteiger partial charge in [-0.1, -0.05) is 6.07 Å². The molecule has 28 heavy (non-hydrogen) atoms. The average molecular weight is 379 g/mol. The first-order valence-electron chi connectivity index (χ1n) is 9.57. The minimum atomic E-state index is -0.179. The first-order chi connectivity index (χ1) is 13.5. The predicted molar refractivity (Wildman–Crippen MR) is 108 cm³/mol. The number of hydrogen-bond acceptors (Lipinski definition) is 4. The zero-order chi connectivity index (χ0) is 19.7. The highest BCUT2D eigenvalue weighted by Gasteiger charge is 2.26. The van der Waals surface area contributed by atoms with Gasteiger partial charge in [0.25, 0.3) is 0 Å². The van der Waals surface area contributed by atoms with Crippen molar-refractivity contribution < 1.29 is 14.3 Å². The monoisotopic (exact) mass is 379 g/mol. The number of imidazole rings is 1. The third-order valence-corrected chi connectivity index (χ3v) is 5.36. The van der Waals surface area contributed by atoms with Gasteiger partial charge in [0.15, 0.2) is 0 Å². The van der Waals surface area contributed by atoms with Crippen LogP contribution >= 0.6 is 0 Å². The Morgan fingerprint density at radius 1 is 1.29 bits per heavy atom. The number of methoxy groups -OCH3 is 1. The van der Waals surface area contributed by atoms with E-state index >= 15 is 0 Å². The number of ether oxygens (including phenoxy) is 2. The highest BCUT2D eigenvalue weighted by atomic mass is 16.5. The Morgan fingerprint density at radius 3 is 2.93 bits per heavy atom. The summed E-state index contributed by atoms with van der Waals surface area (Å²) in [4.78, 5) is 20.5. The lowest BCUT2D eigenvalue weighted by Gasteiger charge is -2.25.